The van der Waals surface area contributed by atoms with Crippen LogP contribution in [0.15, 0.2) is 60.7 Å². The maximum atomic E-state index is 13.1. The van der Waals surface area contributed by atoms with Crippen molar-refractivity contribution in [2.45, 2.75) is 64.3 Å². The zero-order valence-electron chi connectivity index (χ0n) is 28.1. The van der Waals surface area contributed by atoms with Gasteiger partial charge in [-0.25, -0.2) is 9.97 Å². The lowest BCUT2D eigenvalue weighted by Gasteiger charge is -2.22. The fourth-order valence-electron chi connectivity index (χ4n) is 5.72. The number of hydrogen-bond acceptors (Lipinski definition) is 6. The number of aromatic amines is 2. The van der Waals surface area contributed by atoms with Gasteiger partial charge in [0, 0.05) is 46.0 Å². The molecule has 0 fully saturated rings. The molecule has 15 heteroatoms. The molecule has 52 heavy (non-hydrogen) atoms. The van der Waals surface area contributed by atoms with E-state index in [1.165, 1.54) is 17.7 Å². The van der Waals surface area contributed by atoms with Gasteiger partial charge >= 0.3 is 0 Å². The third kappa shape index (κ3) is 12.1. The Morgan fingerprint density at radius 3 is 1.58 bits per heavy atom. The number of imidazole rings is 2. The number of aromatic nitrogens is 6. The minimum Gasteiger partial charge on any atom is -0.387 e. The molecule has 2 aromatic carbocycles. The lowest BCUT2D eigenvalue weighted by Crippen LogP contribution is -2.33. The highest BCUT2D eigenvalue weighted by Crippen LogP contribution is 2.22. The van der Waals surface area contributed by atoms with Crippen molar-refractivity contribution in [3.05, 3.63) is 115 Å². The maximum Gasteiger partial charge on any atom is 0.248 e. The van der Waals surface area contributed by atoms with Crippen molar-refractivity contribution in [1.29, 1.82) is 0 Å². The molecule has 0 aliphatic rings. The van der Waals surface area contributed by atoms with Crippen molar-refractivity contribution in [3.63, 3.8) is 0 Å². The molecule has 1 amide bonds. The Hall–Kier alpha value is -3.87. The number of carbonyl (C=O) groups is 1. The first-order valence-electron chi connectivity index (χ1n) is 16.9. The Kier molecular flexibility index (Phi) is 14.6. The van der Waals surface area contributed by atoms with Gasteiger partial charge in [-0.15, -0.1) is 0 Å². The summed E-state index contributed by atoms with van der Waals surface area (Å²) in [6, 6.07) is 16.7. The number of benzene rings is 2. The summed E-state index contributed by atoms with van der Waals surface area (Å²) in [4.78, 5) is 36.0. The summed E-state index contributed by atoms with van der Waals surface area (Å²) in [5, 5.41) is 11.6. The molecule has 3 N–H and O–H groups in total. The van der Waals surface area contributed by atoms with E-state index in [4.69, 9.17) is 46.4 Å². The van der Waals surface area contributed by atoms with Crippen LogP contribution >= 0.6 is 46.4 Å². The third-order valence-electron chi connectivity index (χ3n) is 8.15. The number of aliphatic hydroxyl groups is 1. The van der Waals surface area contributed by atoms with Crippen LogP contribution in [-0.4, -0.2) is 59.0 Å². The molecule has 0 aliphatic carbocycles. The molecule has 4 heterocycles. The summed E-state index contributed by atoms with van der Waals surface area (Å²) in [6.45, 7) is 0.221. The number of H-pyrrole nitrogens is 2. The second kappa shape index (κ2) is 19.3. The largest absolute Gasteiger partial charge is 0.387 e. The number of amides is 1. The number of hydrogen-bond donors (Lipinski definition) is 3. The van der Waals surface area contributed by atoms with Crippen LogP contribution in [0.4, 0.5) is 8.78 Å². The predicted molar refractivity (Wildman–Crippen MR) is 202 cm³/mol. The molecule has 0 radical (unpaired) electrons. The van der Waals surface area contributed by atoms with Crippen molar-refractivity contribution in [3.8, 4) is 0 Å². The van der Waals surface area contributed by atoms with Crippen molar-refractivity contribution >= 4 is 74.6 Å². The molecular formula is C37H37Cl4F2N7O2. The van der Waals surface area contributed by atoms with Crippen LogP contribution in [0.25, 0.3) is 22.3 Å². The standard InChI is InChI=1S/C19H19Cl2FN4O2.C18H18Cl2FN3/c20-13-7-12(8-14(21)9-13)10-26(18(28)11-27)6-2-1-3-17-23-15-4-5-16(22)24-19(15)25-17;19-13-9-12(10-14(20)11-13)5-3-1-2-4-6-17-22-15-7-8-16(21)23-18(15)24-17/h4-5,7-9,27H,1-3,6,10-11H2,(H,23,24,25);7-11H,1-6H2,(H,22,23,24). The quantitative estimate of drug-likeness (QED) is 0.0704. The van der Waals surface area contributed by atoms with Gasteiger partial charge in [0.05, 0.1) is 11.0 Å². The molecule has 0 bridgehead atoms. The Morgan fingerprint density at radius 2 is 1.08 bits per heavy atom. The second-order valence-corrected chi connectivity index (χ2v) is 14.0. The van der Waals surface area contributed by atoms with E-state index >= 15 is 0 Å². The van der Waals surface area contributed by atoms with E-state index in [1.807, 2.05) is 12.1 Å². The van der Waals surface area contributed by atoms with Crippen LogP contribution in [0.1, 0.15) is 61.3 Å². The van der Waals surface area contributed by atoms with E-state index in [0.29, 0.717) is 62.8 Å². The number of aliphatic hydroxyl groups excluding tert-OH is 1. The van der Waals surface area contributed by atoms with Gasteiger partial charge < -0.3 is 20.0 Å². The van der Waals surface area contributed by atoms with Gasteiger partial charge in [-0.2, -0.15) is 18.7 Å². The summed E-state index contributed by atoms with van der Waals surface area (Å²) in [7, 11) is 0. The van der Waals surface area contributed by atoms with Crippen LogP contribution in [0.3, 0.4) is 0 Å². The molecule has 0 saturated heterocycles. The van der Waals surface area contributed by atoms with E-state index in [9.17, 15) is 18.7 Å². The first-order chi connectivity index (χ1) is 25.0. The Bertz CT molecular complexity index is 2070. The average Bonchev–Trinajstić information content (AvgIpc) is 3.69. The van der Waals surface area contributed by atoms with Crippen LogP contribution in [0.5, 0.6) is 0 Å². The molecule has 6 aromatic rings. The number of halogens is 6. The highest BCUT2D eigenvalue weighted by Gasteiger charge is 2.14. The first-order valence-corrected chi connectivity index (χ1v) is 18.4. The minimum absolute atomic E-state index is 0.313. The van der Waals surface area contributed by atoms with Crippen molar-refractivity contribution in [2.24, 2.45) is 0 Å². The second-order valence-electron chi connectivity index (χ2n) is 12.3. The smallest absolute Gasteiger partial charge is 0.248 e. The topological polar surface area (TPSA) is 124 Å². The molecule has 0 unspecified atom stereocenters. The van der Waals surface area contributed by atoms with Crippen molar-refractivity contribution in [2.75, 3.05) is 13.2 Å². The monoisotopic (exact) mass is 789 g/mol. The number of pyridine rings is 2. The zero-order valence-corrected chi connectivity index (χ0v) is 31.1. The van der Waals surface area contributed by atoms with Crippen LogP contribution in [0.2, 0.25) is 20.1 Å². The number of carbonyl (C=O) groups excluding carboxylic acids is 1. The Balaban J connectivity index is 0.000000203. The lowest BCUT2D eigenvalue weighted by molar-refractivity contribution is -0.134. The number of unbranched alkanes of at least 4 members (excludes halogenated alkanes) is 4. The summed E-state index contributed by atoms with van der Waals surface area (Å²) in [5.41, 5.74) is 4.24. The molecule has 9 nitrogen and oxygen atoms in total. The fourth-order valence-corrected chi connectivity index (χ4v) is 6.86. The molecule has 0 atom stereocenters. The van der Waals surface area contributed by atoms with Gasteiger partial charge in [-0.3, -0.25) is 4.79 Å². The Morgan fingerprint density at radius 1 is 0.615 bits per heavy atom. The van der Waals surface area contributed by atoms with Crippen LogP contribution < -0.4 is 0 Å². The normalized spacial score (nSPS) is 11.2. The summed E-state index contributed by atoms with van der Waals surface area (Å²) in [6.07, 6.45) is 8.33. The first kappa shape index (κ1) is 39.3. The van der Waals surface area contributed by atoms with Crippen LogP contribution in [-0.2, 0) is 30.6 Å². The van der Waals surface area contributed by atoms with E-state index in [-0.39, 0.29) is 5.91 Å². The lowest BCUT2D eigenvalue weighted by atomic mass is 10.1. The molecule has 0 aliphatic heterocycles. The van der Waals surface area contributed by atoms with Crippen molar-refractivity contribution < 1.29 is 18.7 Å². The van der Waals surface area contributed by atoms with Crippen molar-refractivity contribution in [1.82, 2.24) is 34.8 Å². The van der Waals surface area contributed by atoms with Gasteiger partial charge in [0.25, 0.3) is 0 Å². The van der Waals surface area contributed by atoms with E-state index in [1.54, 1.807) is 41.3 Å². The number of aryl methyl sites for hydroxylation is 3. The number of nitrogens with one attached hydrogen (secondary N) is 2. The van der Waals surface area contributed by atoms with Gasteiger partial charge in [-0.05, 0) is 104 Å². The maximum absolute atomic E-state index is 13.1. The van der Waals surface area contributed by atoms with E-state index in [2.05, 4.69) is 29.9 Å². The van der Waals surface area contributed by atoms with Gasteiger partial charge in [0.15, 0.2) is 11.3 Å². The average molecular weight is 792 g/mol. The van der Waals surface area contributed by atoms with Crippen LogP contribution in [0, 0.1) is 11.9 Å². The van der Waals surface area contributed by atoms with Gasteiger partial charge in [-0.1, -0.05) is 59.2 Å². The summed E-state index contributed by atoms with van der Waals surface area (Å²) in [5.74, 6) is 0.158. The molecule has 0 spiro atoms. The SMILES string of the molecule is Fc1ccc2[nH]c(CCCCCCc3cc(Cl)cc(Cl)c3)nc2n1.O=C(CO)N(CCCCc1nc2nc(F)ccc2[nH]1)Cc1cc(Cl)cc(Cl)c1. The number of rotatable bonds is 15. The highest BCUT2D eigenvalue weighted by atomic mass is 35.5. The molecule has 4 aromatic heterocycles. The zero-order chi connectivity index (χ0) is 37.0. The molecule has 0 saturated carbocycles. The Labute approximate surface area is 319 Å². The molecular weight excluding hydrogens is 754 g/mol. The highest BCUT2D eigenvalue weighted by molar-refractivity contribution is 6.35. The van der Waals surface area contributed by atoms with Gasteiger partial charge in [0.1, 0.15) is 18.3 Å². The summed E-state index contributed by atoms with van der Waals surface area (Å²) >= 11 is 24.0. The summed E-state index contributed by atoms with van der Waals surface area (Å²) < 4.78 is 26.2. The predicted octanol–water partition coefficient (Wildman–Crippen LogP) is 9.50. The minimum atomic E-state index is -0.565. The fraction of sp³-hybridized carbons (Fsp3) is 0.324. The van der Waals surface area contributed by atoms with E-state index in [0.717, 1.165) is 67.7 Å². The third-order valence-corrected chi connectivity index (χ3v) is 9.02. The molecule has 6 rings (SSSR count). The number of fused-ring (bicyclic) bond motifs is 2. The van der Waals surface area contributed by atoms with Gasteiger partial charge in [0.2, 0.25) is 17.8 Å². The number of nitrogens with zero attached hydrogens (tertiary/aromatic N) is 5. The molecule has 274 valence electrons. The van der Waals surface area contributed by atoms with E-state index < -0.39 is 18.5 Å².